The van der Waals surface area contributed by atoms with Crippen LogP contribution in [0.3, 0.4) is 0 Å². The Kier molecular flexibility index (Phi) is 3.48. The molecule has 0 amide bonds. The molecule has 0 saturated heterocycles. The van der Waals surface area contributed by atoms with Gasteiger partial charge in [-0.15, -0.1) is 12.4 Å². The minimum atomic E-state index is 0. The second-order valence-electron chi connectivity index (χ2n) is 4.14. The van der Waals surface area contributed by atoms with E-state index in [2.05, 4.69) is 11.4 Å². The summed E-state index contributed by atoms with van der Waals surface area (Å²) in [6.07, 6.45) is 2.32. The maximum Gasteiger partial charge on any atom is 0.128 e. The van der Waals surface area contributed by atoms with Gasteiger partial charge in [0.2, 0.25) is 0 Å². The van der Waals surface area contributed by atoms with Gasteiger partial charge in [0.15, 0.2) is 0 Å². The fraction of sp³-hybridized carbons (Fsp3) is 0.385. The van der Waals surface area contributed by atoms with E-state index < -0.39 is 0 Å². The average Bonchev–Trinajstić information content (AvgIpc) is 2.38. The highest BCUT2D eigenvalue weighted by Crippen LogP contribution is 2.38. The number of rotatable bonds is 1. The molecule has 2 heterocycles. The van der Waals surface area contributed by atoms with Crippen molar-refractivity contribution in [3.05, 3.63) is 29.5 Å². The standard InChI is InChI=1S/C13H15NO2.ClH/c1-15-9-4-5-13-11(7-9)10-3-2-6-14-12(10)8-16-13;/h4-5,7,14H,2-3,6,8H2,1H3;1H. The average molecular weight is 254 g/mol. The van der Waals surface area contributed by atoms with E-state index in [4.69, 9.17) is 9.47 Å². The van der Waals surface area contributed by atoms with E-state index >= 15 is 0 Å². The first-order valence-electron chi connectivity index (χ1n) is 5.65. The minimum absolute atomic E-state index is 0. The Morgan fingerprint density at radius 1 is 1.35 bits per heavy atom. The van der Waals surface area contributed by atoms with Crippen LogP contribution in [0.1, 0.15) is 18.4 Å². The maximum absolute atomic E-state index is 5.72. The molecule has 0 atom stereocenters. The first-order valence-corrected chi connectivity index (χ1v) is 5.65. The van der Waals surface area contributed by atoms with Crippen molar-refractivity contribution in [2.24, 2.45) is 0 Å². The molecule has 0 unspecified atom stereocenters. The fourth-order valence-electron chi connectivity index (χ4n) is 2.35. The molecular weight excluding hydrogens is 238 g/mol. The van der Waals surface area contributed by atoms with Crippen molar-refractivity contribution in [3.63, 3.8) is 0 Å². The number of fused-ring (bicyclic) bond motifs is 2. The molecule has 0 saturated carbocycles. The Bertz CT molecular complexity index is 457. The predicted octanol–water partition coefficient (Wildman–Crippen LogP) is 2.60. The summed E-state index contributed by atoms with van der Waals surface area (Å²) < 4.78 is 11.0. The summed E-state index contributed by atoms with van der Waals surface area (Å²) in [5, 5.41) is 3.41. The second-order valence-corrected chi connectivity index (χ2v) is 4.14. The zero-order valence-electron chi connectivity index (χ0n) is 9.79. The SMILES string of the molecule is COc1ccc2c(c1)C1=C(CO2)NCCC1.Cl. The van der Waals surface area contributed by atoms with E-state index in [0.29, 0.717) is 6.61 Å². The summed E-state index contributed by atoms with van der Waals surface area (Å²) >= 11 is 0. The van der Waals surface area contributed by atoms with Gasteiger partial charge in [-0.2, -0.15) is 0 Å². The number of hydrogen-bond donors (Lipinski definition) is 1. The van der Waals surface area contributed by atoms with Crippen molar-refractivity contribution in [1.29, 1.82) is 0 Å². The van der Waals surface area contributed by atoms with Gasteiger partial charge in [-0.25, -0.2) is 0 Å². The molecule has 1 N–H and O–H groups in total. The lowest BCUT2D eigenvalue weighted by Crippen LogP contribution is -2.28. The largest absolute Gasteiger partial charge is 0.497 e. The van der Waals surface area contributed by atoms with Crippen LogP contribution in [0.15, 0.2) is 23.9 Å². The maximum atomic E-state index is 5.72. The van der Waals surface area contributed by atoms with Crippen LogP contribution in [-0.4, -0.2) is 20.3 Å². The van der Waals surface area contributed by atoms with Gasteiger partial charge in [0, 0.05) is 12.1 Å². The molecule has 0 bridgehead atoms. The molecule has 17 heavy (non-hydrogen) atoms. The lowest BCUT2D eigenvalue weighted by atomic mass is 9.94. The molecule has 0 spiro atoms. The van der Waals surface area contributed by atoms with E-state index in [0.717, 1.165) is 24.5 Å². The minimum Gasteiger partial charge on any atom is -0.497 e. The first kappa shape index (κ1) is 12.1. The summed E-state index contributed by atoms with van der Waals surface area (Å²) in [6.45, 7) is 1.73. The Morgan fingerprint density at radius 3 is 3.06 bits per heavy atom. The van der Waals surface area contributed by atoms with Crippen molar-refractivity contribution in [3.8, 4) is 11.5 Å². The molecule has 4 heteroatoms. The van der Waals surface area contributed by atoms with Crippen molar-refractivity contribution < 1.29 is 9.47 Å². The van der Waals surface area contributed by atoms with Gasteiger partial charge in [0.1, 0.15) is 18.1 Å². The molecular formula is C13H16ClNO2. The van der Waals surface area contributed by atoms with Gasteiger partial charge in [-0.3, -0.25) is 0 Å². The summed E-state index contributed by atoms with van der Waals surface area (Å²) in [6, 6.07) is 6.00. The number of benzene rings is 1. The van der Waals surface area contributed by atoms with Crippen LogP contribution >= 0.6 is 12.4 Å². The molecule has 0 fully saturated rings. The quantitative estimate of drug-likeness (QED) is 0.835. The van der Waals surface area contributed by atoms with E-state index in [1.54, 1.807) is 7.11 Å². The van der Waals surface area contributed by atoms with Crippen molar-refractivity contribution in [2.75, 3.05) is 20.3 Å². The third kappa shape index (κ3) is 2.07. The highest BCUT2D eigenvalue weighted by atomic mass is 35.5. The first-order chi connectivity index (χ1) is 7.88. The zero-order chi connectivity index (χ0) is 11.0. The monoisotopic (exact) mass is 253 g/mol. The van der Waals surface area contributed by atoms with Gasteiger partial charge in [0.05, 0.1) is 12.8 Å². The molecule has 3 nitrogen and oxygen atoms in total. The Hall–Kier alpha value is -1.35. The van der Waals surface area contributed by atoms with Gasteiger partial charge < -0.3 is 14.8 Å². The highest BCUT2D eigenvalue weighted by Gasteiger charge is 2.22. The van der Waals surface area contributed by atoms with Crippen LogP contribution in [0.2, 0.25) is 0 Å². The second kappa shape index (κ2) is 4.88. The molecule has 0 aromatic heterocycles. The van der Waals surface area contributed by atoms with Crippen molar-refractivity contribution in [1.82, 2.24) is 5.32 Å². The predicted molar refractivity (Wildman–Crippen MR) is 69.9 cm³/mol. The molecule has 1 aromatic carbocycles. The third-order valence-corrected chi connectivity index (χ3v) is 3.19. The Balaban J connectivity index is 0.00000108. The van der Waals surface area contributed by atoms with Gasteiger partial charge in [-0.1, -0.05) is 0 Å². The fourth-order valence-corrected chi connectivity index (χ4v) is 2.35. The highest BCUT2D eigenvalue weighted by molar-refractivity contribution is 5.85. The topological polar surface area (TPSA) is 30.5 Å². The number of methoxy groups -OCH3 is 1. The van der Waals surface area contributed by atoms with Crippen LogP contribution in [0.5, 0.6) is 11.5 Å². The van der Waals surface area contributed by atoms with E-state index in [-0.39, 0.29) is 12.4 Å². The number of nitrogens with one attached hydrogen (secondary N) is 1. The number of halogens is 1. The Morgan fingerprint density at radius 2 is 2.24 bits per heavy atom. The smallest absolute Gasteiger partial charge is 0.128 e. The van der Waals surface area contributed by atoms with Crippen molar-refractivity contribution in [2.45, 2.75) is 12.8 Å². The van der Waals surface area contributed by atoms with Crippen LogP contribution in [0.25, 0.3) is 5.57 Å². The number of hydrogen-bond acceptors (Lipinski definition) is 3. The summed E-state index contributed by atoms with van der Waals surface area (Å²) in [7, 11) is 1.69. The van der Waals surface area contributed by atoms with Crippen LogP contribution in [0, 0.1) is 0 Å². The molecule has 3 rings (SSSR count). The number of ether oxygens (including phenoxy) is 2. The molecule has 0 aliphatic carbocycles. The third-order valence-electron chi connectivity index (χ3n) is 3.19. The lowest BCUT2D eigenvalue weighted by molar-refractivity contribution is 0.330. The lowest BCUT2D eigenvalue weighted by Gasteiger charge is -2.28. The number of allylic oxidation sites excluding steroid dienone is 1. The van der Waals surface area contributed by atoms with Gasteiger partial charge in [0.25, 0.3) is 0 Å². The zero-order valence-corrected chi connectivity index (χ0v) is 10.6. The molecule has 0 radical (unpaired) electrons. The van der Waals surface area contributed by atoms with Gasteiger partial charge in [-0.05, 0) is 36.6 Å². The van der Waals surface area contributed by atoms with E-state index in [1.165, 1.54) is 23.3 Å². The summed E-state index contributed by atoms with van der Waals surface area (Å²) in [4.78, 5) is 0. The van der Waals surface area contributed by atoms with Crippen molar-refractivity contribution >= 4 is 18.0 Å². The Labute approximate surface area is 107 Å². The van der Waals surface area contributed by atoms with E-state index in [9.17, 15) is 0 Å². The van der Waals surface area contributed by atoms with E-state index in [1.807, 2.05) is 12.1 Å². The molecule has 2 aliphatic heterocycles. The summed E-state index contributed by atoms with van der Waals surface area (Å²) in [5.74, 6) is 1.87. The van der Waals surface area contributed by atoms with Crippen LogP contribution in [-0.2, 0) is 0 Å². The molecule has 1 aromatic rings. The molecule has 2 aliphatic rings. The van der Waals surface area contributed by atoms with Crippen LogP contribution < -0.4 is 14.8 Å². The van der Waals surface area contributed by atoms with Crippen LogP contribution in [0.4, 0.5) is 0 Å². The molecule has 92 valence electrons. The summed E-state index contributed by atoms with van der Waals surface area (Å²) in [5.41, 5.74) is 3.83. The van der Waals surface area contributed by atoms with Gasteiger partial charge >= 0.3 is 0 Å². The normalized spacial score (nSPS) is 17.0.